The van der Waals surface area contributed by atoms with Gasteiger partial charge in [-0.25, -0.2) is 0 Å². The Hall–Kier alpha value is -1.16. The second-order valence-corrected chi connectivity index (χ2v) is 3.46. The summed E-state index contributed by atoms with van der Waals surface area (Å²) >= 11 is 0. The normalized spacial score (nSPS) is 10.6. The van der Waals surface area contributed by atoms with Crippen molar-refractivity contribution < 1.29 is 9.53 Å². The van der Waals surface area contributed by atoms with E-state index in [1.165, 1.54) is 0 Å². The van der Waals surface area contributed by atoms with Crippen LogP contribution in [-0.4, -0.2) is 28.8 Å². The number of hydrogen-bond donors (Lipinski definition) is 0. The number of aromatic nitrogens is 2. The van der Waals surface area contributed by atoms with Gasteiger partial charge in [-0.3, -0.25) is 9.48 Å². The summed E-state index contributed by atoms with van der Waals surface area (Å²) in [7, 11) is 0. The van der Waals surface area contributed by atoms with Crippen LogP contribution in [0.1, 0.15) is 36.5 Å². The lowest BCUT2D eigenvalue weighted by Crippen LogP contribution is -2.15. The van der Waals surface area contributed by atoms with Crippen molar-refractivity contribution in [3.8, 4) is 0 Å². The smallest absolute Gasteiger partial charge is 0.206 e. The molecular weight excluding hydrogens is 192 g/mol. The molecule has 4 nitrogen and oxygen atoms in total. The third kappa shape index (κ3) is 3.16. The van der Waals surface area contributed by atoms with Gasteiger partial charge >= 0.3 is 0 Å². The fourth-order valence-electron chi connectivity index (χ4n) is 1.39. The van der Waals surface area contributed by atoms with Crippen LogP contribution >= 0.6 is 0 Å². The standard InChI is InChI=1S/C11H18N2O2/c1-4-6-15-8-11(14)10-7-9(3)12-13(10)5-2/h7H,4-6,8H2,1-3H3. The predicted octanol–water partition coefficient (Wildman–Crippen LogP) is 1.82. The lowest BCUT2D eigenvalue weighted by Gasteiger charge is -2.03. The van der Waals surface area contributed by atoms with Crippen LogP contribution in [0.4, 0.5) is 0 Å². The summed E-state index contributed by atoms with van der Waals surface area (Å²) in [5.74, 6) is 0.00546. The maximum absolute atomic E-state index is 11.7. The Morgan fingerprint density at radius 3 is 2.87 bits per heavy atom. The molecule has 0 aliphatic rings. The highest BCUT2D eigenvalue weighted by Gasteiger charge is 2.12. The van der Waals surface area contributed by atoms with Crippen LogP contribution in [0.15, 0.2) is 6.07 Å². The Kier molecular flexibility index (Phi) is 4.49. The van der Waals surface area contributed by atoms with E-state index in [2.05, 4.69) is 5.10 Å². The molecule has 15 heavy (non-hydrogen) atoms. The van der Waals surface area contributed by atoms with Gasteiger partial charge in [0.05, 0.1) is 5.69 Å². The summed E-state index contributed by atoms with van der Waals surface area (Å²) in [6, 6.07) is 1.81. The molecule has 0 unspecified atom stereocenters. The van der Waals surface area contributed by atoms with E-state index in [1.54, 1.807) is 10.7 Å². The van der Waals surface area contributed by atoms with Crippen molar-refractivity contribution in [3.05, 3.63) is 17.5 Å². The summed E-state index contributed by atoms with van der Waals surface area (Å²) in [4.78, 5) is 11.7. The number of carbonyl (C=O) groups is 1. The molecule has 4 heteroatoms. The first-order valence-electron chi connectivity index (χ1n) is 5.34. The van der Waals surface area contributed by atoms with Crippen molar-refractivity contribution in [2.75, 3.05) is 13.2 Å². The molecule has 0 N–H and O–H groups in total. The number of nitrogens with zero attached hydrogens (tertiary/aromatic N) is 2. The van der Waals surface area contributed by atoms with E-state index in [1.807, 2.05) is 20.8 Å². The van der Waals surface area contributed by atoms with Gasteiger partial charge in [0.2, 0.25) is 5.78 Å². The van der Waals surface area contributed by atoms with Gasteiger partial charge in [-0.05, 0) is 26.3 Å². The van der Waals surface area contributed by atoms with Crippen molar-refractivity contribution in [2.45, 2.75) is 33.7 Å². The minimum absolute atomic E-state index is 0.00546. The predicted molar refractivity (Wildman–Crippen MR) is 58.1 cm³/mol. The van der Waals surface area contributed by atoms with Gasteiger partial charge in [0.15, 0.2) is 0 Å². The van der Waals surface area contributed by atoms with E-state index < -0.39 is 0 Å². The number of ether oxygens (including phenoxy) is 1. The monoisotopic (exact) mass is 210 g/mol. The van der Waals surface area contributed by atoms with Crippen LogP contribution in [0, 0.1) is 6.92 Å². The fourth-order valence-corrected chi connectivity index (χ4v) is 1.39. The molecule has 0 saturated heterocycles. The minimum atomic E-state index is 0.00546. The lowest BCUT2D eigenvalue weighted by molar-refractivity contribution is 0.0751. The molecule has 0 atom stereocenters. The number of aryl methyl sites for hydroxylation is 2. The molecule has 1 rings (SSSR count). The summed E-state index contributed by atoms with van der Waals surface area (Å²) in [5.41, 5.74) is 1.52. The first-order valence-corrected chi connectivity index (χ1v) is 5.34. The fraction of sp³-hybridized carbons (Fsp3) is 0.636. The van der Waals surface area contributed by atoms with Crippen LogP contribution < -0.4 is 0 Å². The van der Waals surface area contributed by atoms with Crippen LogP contribution in [0.5, 0.6) is 0 Å². The lowest BCUT2D eigenvalue weighted by atomic mass is 10.2. The molecule has 0 amide bonds. The minimum Gasteiger partial charge on any atom is -0.373 e. The van der Waals surface area contributed by atoms with E-state index >= 15 is 0 Å². The topological polar surface area (TPSA) is 44.1 Å². The molecular formula is C11H18N2O2. The summed E-state index contributed by atoms with van der Waals surface area (Å²) in [6.45, 7) is 7.36. The van der Waals surface area contributed by atoms with Crippen LogP contribution in [0.3, 0.4) is 0 Å². The molecule has 1 aromatic rings. The zero-order valence-corrected chi connectivity index (χ0v) is 9.62. The average molecular weight is 210 g/mol. The first kappa shape index (κ1) is 11.9. The Balaban J connectivity index is 2.64. The van der Waals surface area contributed by atoms with Gasteiger partial charge in [0.25, 0.3) is 0 Å². The van der Waals surface area contributed by atoms with Crippen molar-refractivity contribution >= 4 is 5.78 Å². The number of carbonyl (C=O) groups excluding carboxylic acids is 1. The zero-order chi connectivity index (χ0) is 11.3. The Morgan fingerprint density at radius 1 is 1.53 bits per heavy atom. The van der Waals surface area contributed by atoms with E-state index in [4.69, 9.17) is 4.74 Å². The number of hydrogen-bond acceptors (Lipinski definition) is 3. The summed E-state index contributed by atoms with van der Waals surface area (Å²) in [5, 5.41) is 4.22. The number of Topliss-reactive ketones (excluding diaryl/α,β-unsaturated/α-hetero) is 1. The summed E-state index contributed by atoms with van der Waals surface area (Å²) in [6.07, 6.45) is 0.930. The number of rotatable bonds is 6. The van der Waals surface area contributed by atoms with Gasteiger partial charge < -0.3 is 4.74 Å². The highest BCUT2D eigenvalue weighted by molar-refractivity contribution is 5.95. The van der Waals surface area contributed by atoms with Crippen LogP contribution in [0.25, 0.3) is 0 Å². The largest absolute Gasteiger partial charge is 0.373 e. The third-order valence-corrected chi connectivity index (χ3v) is 2.07. The SMILES string of the molecule is CCCOCC(=O)c1cc(C)nn1CC. The van der Waals surface area contributed by atoms with E-state index in [-0.39, 0.29) is 12.4 Å². The molecule has 0 spiro atoms. The van der Waals surface area contributed by atoms with Crippen molar-refractivity contribution in [2.24, 2.45) is 0 Å². The molecule has 1 heterocycles. The average Bonchev–Trinajstić information content (AvgIpc) is 2.60. The van der Waals surface area contributed by atoms with Crippen molar-refractivity contribution in [1.82, 2.24) is 9.78 Å². The second-order valence-electron chi connectivity index (χ2n) is 3.46. The molecule has 1 aromatic heterocycles. The first-order chi connectivity index (χ1) is 7.19. The molecule has 0 aliphatic heterocycles. The van der Waals surface area contributed by atoms with Crippen LogP contribution in [-0.2, 0) is 11.3 Å². The molecule has 0 fully saturated rings. The maximum Gasteiger partial charge on any atom is 0.206 e. The van der Waals surface area contributed by atoms with E-state index in [0.717, 1.165) is 12.1 Å². The number of ketones is 1. The van der Waals surface area contributed by atoms with Gasteiger partial charge in [-0.2, -0.15) is 5.10 Å². The van der Waals surface area contributed by atoms with Gasteiger partial charge in [-0.15, -0.1) is 0 Å². The molecule has 84 valence electrons. The second kappa shape index (κ2) is 5.66. The summed E-state index contributed by atoms with van der Waals surface area (Å²) < 4.78 is 6.93. The molecule has 0 radical (unpaired) electrons. The zero-order valence-electron chi connectivity index (χ0n) is 9.62. The van der Waals surface area contributed by atoms with E-state index in [9.17, 15) is 4.79 Å². The highest BCUT2D eigenvalue weighted by Crippen LogP contribution is 2.05. The highest BCUT2D eigenvalue weighted by atomic mass is 16.5. The maximum atomic E-state index is 11.7. The molecule has 0 saturated carbocycles. The van der Waals surface area contributed by atoms with E-state index in [0.29, 0.717) is 18.8 Å². The Bertz CT molecular complexity index is 331. The Morgan fingerprint density at radius 2 is 2.27 bits per heavy atom. The van der Waals surface area contributed by atoms with Crippen molar-refractivity contribution in [3.63, 3.8) is 0 Å². The van der Waals surface area contributed by atoms with Crippen LogP contribution in [0.2, 0.25) is 0 Å². The molecule has 0 bridgehead atoms. The van der Waals surface area contributed by atoms with Gasteiger partial charge in [0, 0.05) is 13.2 Å². The molecule has 0 aliphatic carbocycles. The Labute approximate surface area is 90.2 Å². The van der Waals surface area contributed by atoms with Gasteiger partial charge in [-0.1, -0.05) is 6.92 Å². The van der Waals surface area contributed by atoms with Crippen molar-refractivity contribution in [1.29, 1.82) is 0 Å². The quantitative estimate of drug-likeness (QED) is 0.531. The van der Waals surface area contributed by atoms with Gasteiger partial charge in [0.1, 0.15) is 12.3 Å². The third-order valence-electron chi connectivity index (χ3n) is 2.07. The molecule has 0 aromatic carbocycles.